The molecule has 2 saturated heterocycles. The van der Waals surface area contributed by atoms with Crippen molar-refractivity contribution in [3.63, 3.8) is 0 Å². The van der Waals surface area contributed by atoms with Crippen LogP contribution in [-0.4, -0.2) is 70.3 Å². The SMILES string of the molecule is CCCC1SCC(C(=O)O)N1C(=O)N1CCNCC1. The second-order valence-electron chi connectivity index (χ2n) is 4.86. The van der Waals surface area contributed by atoms with Gasteiger partial charge in [-0.05, 0) is 6.42 Å². The van der Waals surface area contributed by atoms with Crippen molar-refractivity contribution in [1.82, 2.24) is 15.1 Å². The minimum Gasteiger partial charge on any atom is -0.480 e. The van der Waals surface area contributed by atoms with E-state index in [1.54, 1.807) is 21.6 Å². The first-order valence-electron chi connectivity index (χ1n) is 6.77. The number of thioether (sulfide) groups is 1. The molecule has 0 aliphatic carbocycles. The van der Waals surface area contributed by atoms with Gasteiger partial charge in [0.1, 0.15) is 6.04 Å². The fourth-order valence-electron chi connectivity index (χ4n) is 2.50. The molecule has 7 heteroatoms. The molecule has 0 aromatic carbocycles. The zero-order valence-corrected chi connectivity index (χ0v) is 12.0. The summed E-state index contributed by atoms with van der Waals surface area (Å²) in [5.74, 6) is -0.396. The molecule has 2 fully saturated rings. The van der Waals surface area contributed by atoms with E-state index in [9.17, 15) is 14.7 Å². The molecule has 0 aromatic rings. The van der Waals surface area contributed by atoms with Gasteiger partial charge in [0.25, 0.3) is 0 Å². The largest absolute Gasteiger partial charge is 0.480 e. The maximum atomic E-state index is 12.5. The van der Waals surface area contributed by atoms with Crippen LogP contribution in [0.1, 0.15) is 19.8 Å². The lowest BCUT2D eigenvalue weighted by molar-refractivity contribution is -0.141. The molecule has 2 aliphatic heterocycles. The summed E-state index contributed by atoms with van der Waals surface area (Å²) < 4.78 is 0. The molecule has 2 rings (SSSR count). The highest BCUT2D eigenvalue weighted by Gasteiger charge is 2.42. The van der Waals surface area contributed by atoms with E-state index in [2.05, 4.69) is 12.2 Å². The van der Waals surface area contributed by atoms with Gasteiger partial charge in [-0.2, -0.15) is 0 Å². The Morgan fingerprint density at radius 3 is 2.63 bits per heavy atom. The zero-order chi connectivity index (χ0) is 13.8. The minimum absolute atomic E-state index is 0.00786. The van der Waals surface area contributed by atoms with Gasteiger partial charge in [0.15, 0.2) is 0 Å². The van der Waals surface area contributed by atoms with E-state index in [0.29, 0.717) is 18.8 Å². The van der Waals surface area contributed by atoms with Gasteiger partial charge in [-0.3, -0.25) is 4.90 Å². The van der Waals surface area contributed by atoms with E-state index in [4.69, 9.17) is 0 Å². The van der Waals surface area contributed by atoms with Gasteiger partial charge in [-0.15, -0.1) is 11.8 Å². The minimum atomic E-state index is -0.894. The van der Waals surface area contributed by atoms with Crippen molar-refractivity contribution in [2.24, 2.45) is 0 Å². The molecule has 2 heterocycles. The average molecular weight is 287 g/mol. The van der Waals surface area contributed by atoms with E-state index in [1.807, 2.05) is 0 Å². The number of rotatable bonds is 3. The summed E-state index contributed by atoms with van der Waals surface area (Å²) in [6.07, 6.45) is 1.81. The van der Waals surface area contributed by atoms with Crippen LogP contribution in [-0.2, 0) is 4.79 Å². The van der Waals surface area contributed by atoms with Crippen LogP contribution in [0.15, 0.2) is 0 Å². The number of carbonyl (C=O) groups is 2. The first-order chi connectivity index (χ1) is 9.15. The molecule has 0 spiro atoms. The van der Waals surface area contributed by atoms with Crippen molar-refractivity contribution in [3.05, 3.63) is 0 Å². The summed E-state index contributed by atoms with van der Waals surface area (Å²) in [4.78, 5) is 27.2. The highest BCUT2D eigenvalue weighted by molar-refractivity contribution is 8.00. The normalized spacial score (nSPS) is 27.6. The molecular weight excluding hydrogens is 266 g/mol. The maximum absolute atomic E-state index is 12.5. The molecule has 2 amide bonds. The van der Waals surface area contributed by atoms with Crippen LogP contribution in [0.4, 0.5) is 4.79 Å². The molecular formula is C12H21N3O3S. The van der Waals surface area contributed by atoms with E-state index >= 15 is 0 Å². The Balaban J connectivity index is 2.10. The number of carboxylic acid groups (broad SMARTS) is 1. The van der Waals surface area contributed by atoms with Gasteiger partial charge >= 0.3 is 12.0 Å². The van der Waals surface area contributed by atoms with Gasteiger partial charge in [-0.25, -0.2) is 9.59 Å². The fourth-order valence-corrected chi connectivity index (χ4v) is 4.01. The van der Waals surface area contributed by atoms with Crippen molar-refractivity contribution >= 4 is 23.8 Å². The Labute approximate surface area is 117 Å². The fraction of sp³-hybridized carbons (Fsp3) is 0.833. The third kappa shape index (κ3) is 3.14. The molecule has 2 N–H and O–H groups in total. The number of nitrogens with one attached hydrogen (secondary N) is 1. The lowest BCUT2D eigenvalue weighted by Gasteiger charge is -2.35. The van der Waals surface area contributed by atoms with Crippen molar-refractivity contribution < 1.29 is 14.7 Å². The first kappa shape index (κ1) is 14.5. The molecule has 19 heavy (non-hydrogen) atoms. The van der Waals surface area contributed by atoms with Crippen molar-refractivity contribution in [3.8, 4) is 0 Å². The Morgan fingerprint density at radius 2 is 2.05 bits per heavy atom. The summed E-state index contributed by atoms with van der Waals surface area (Å²) in [6, 6.07) is -0.790. The second kappa shape index (κ2) is 6.47. The van der Waals surface area contributed by atoms with Gasteiger partial charge in [0.2, 0.25) is 0 Å². The molecule has 2 aliphatic rings. The van der Waals surface area contributed by atoms with Crippen molar-refractivity contribution in [2.75, 3.05) is 31.9 Å². The number of nitrogens with zero attached hydrogens (tertiary/aromatic N) is 2. The summed E-state index contributed by atoms with van der Waals surface area (Å²) in [5, 5.41) is 12.5. The number of hydrogen-bond acceptors (Lipinski definition) is 4. The molecule has 0 aromatic heterocycles. The van der Waals surface area contributed by atoms with Crippen molar-refractivity contribution in [2.45, 2.75) is 31.2 Å². The zero-order valence-electron chi connectivity index (χ0n) is 11.2. The van der Waals surface area contributed by atoms with Crippen LogP contribution < -0.4 is 5.32 Å². The lowest BCUT2D eigenvalue weighted by Crippen LogP contribution is -2.55. The predicted octanol–water partition coefficient (Wildman–Crippen LogP) is 0.640. The Hall–Kier alpha value is -0.950. The Bertz CT molecular complexity index is 347. The summed E-state index contributed by atoms with van der Waals surface area (Å²) >= 11 is 1.59. The smallest absolute Gasteiger partial charge is 0.327 e. The second-order valence-corrected chi connectivity index (χ2v) is 6.07. The summed E-state index contributed by atoms with van der Waals surface area (Å²) in [5.41, 5.74) is 0. The molecule has 0 bridgehead atoms. The van der Waals surface area contributed by atoms with E-state index in [0.717, 1.165) is 25.9 Å². The quantitative estimate of drug-likeness (QED) is 0.797. The van der Waals surface area contributed by atoms with Crippen LogP contribution in [0.5, 0.6) is 0 Å². The topological polar surface area (TPSA) is 72.9 Å². The highest BCUT2D eigenvalue weighted by atomic mass is 32.2. The monoisotopic (exact) mass is 287 g/mol. The van der Waals surface area contributed by atoms with Gasteiger partial charge in [-0.1, -0.05) is 13.3 Å². The average Bonchev–Trinajstić information content (AvgIpc) is 2.83. The number of aliphatic carboxylic acids is 1. The van der Waals surface area contributed by atoms with Gasteiger partial charge in [0, 0.05) is 31.9 Å². The van der Waals surface area contributed by atoms with E-state index in [-0.39, 0.29) is 11.4 Å². The number of amides is 2. The third-order valence-electron chi connectivity index (χ3n) is 3.52. The number of piperazine rings is 1. The predicted molar refractivity (Wildman–Crippen MR) is 74.3 cm³/mol. The Kier molecular flexibility index (Phi) is 4.93. The van der Waals surface area contributed by atoms with E-state index < -0.39 is 12.0 Å². The third-order valence-corrected chi connectivity index (χ3v) is 4.88. The van der Waals surface area contributed by atoms with Crippen LogP contribution in [0.2, 0.25) is 0 Å². The molecule has 6 nitrogen and oxygen atoms in total. The molecule has 108 valence electrons. The number of hydrogen-bond donors (Lipinski definition) is 2. The van der Waals surface area contributed by atoms with Crippen LogP contribution in [0, 0.1) is 0 Å². The Morgan fingerprint density at radius 1 is 1.37 bits per heavy atom. The van der Waals surface area contributed by atoms with Crippen molar-refractivity contribution in [1.29, 1.82) is 0 Å². The lowest BCUT2D eigenvalue weighted by atomic mass is 10.2. The highest BCUT2D eigenvalue weighted by Crippen LogP contribution is 2.33. The molecule has 2 atom stereocenters. The summed E-state index contributed by atoms with van der Waals surface area (Å²) in [6.45, 7) is 4.93. The van der Waals surface area contributed by atoms with Crippen LogP contribution in [0.25, 0.3) is 0 Å². The van der Waals surface area contributed by atoms with Gasteiger partial charge < -0.3 is 15.3 Å². The number of carboxylic acids is 1. The summed E-state index contributed by atoms with van der Waals surface area (Å²) in [7, 11) is 0. The maximum Gasteiger partial charge on any atom is 0.327 e. The first-order valence-corrected chi connectivity index (χ1v) is 7.82. The number of urea groups is 1. The molecule has 0 saturated carbocycles. The van der Waals surface area contributed by atoms with E-state index in [1.165, 1.54) is 0 Å². The van der Waals surface area contributed by atoms with Gasteiger partial charge in [0.05, 0.1) is 5.37 Å². The van der Waals surface area contributed by atoms with Crippen LogP contribution in [0.3, 0.4) is 0 Å². The standard InChI is InChI=1S/C12H21N3O3S/c1-2-3-10-15(9(8-19-10)11(16)17)12(18)14-6-4-13-5-7-14/h9-10,13H,2-8H2,1H3,(H,16,17). The van der Waals surface area contributed by atoms with Crippen LogP contribution >= 0.6 is 11.8 Å². The molecule has 0 radical (unpaired) electrons. The number of carbonyl (C=O) groups excluding carboxylic acids is 1. The molecule has 2 unspecified atom stereocenters.